The number of aryl methyl sites for hydroxylation is 2. The van der Waals surface area contributed by atoms with Gasteiger partial charge in [-0.3, -0.25) is 14.4 Å². The Morgan fingerprint density at radius 2 is 2.25 bits per heavy atom. The van der Waals surface area contributed by atoms with Crippen molar-refractivity contribution >= 4 is 21.7 Å². The normalized spacial score (nSPS) is 18.1. The van der Waals surface area contributed by atoms with Gasteiger partial charge in [0.2, 0.25) is 0 Å². The van der Waals surface area contributed by atoms with Crippen molar-refractivity contribution < 1.29 is 4.79 Å². The zero-order valence-electron chi connectivity index (χ0n) is 9.66. The van der Waals surface area contributed by atoms with E-state index in [0.29, 0.717) is 12.3 Å². The molecule has 0 radical (unpaired) electrons. The van der Waals surface area contributed by atoms with Crippen LogP contribution in [0, 0.1) is 6.92 Å². The van der Waals surface area contributed by atoms with Gasteiger partial charge in [0.25, 0.3) is 0 Å². The van der Waals surface area contributed by atoms with Crippen LogP contribution in [0.15, 0.2) is 4.47 Å². The van der Waals surface area contributed by atoms with E-state index in [0.717, 1.165) is 41.8 Å². The van der Waals surface area contributed by atoms with Crippen LogP contribution < -0.4 is 0 Å². The molecule has 1 aliphatic heterocycles. The fourth-order valence-corrected chi connectivity index (χ4v) is 2.57. The topological polar surface area (TPSA) is 38.1 Å². The molecule has 16 heavy (non-hydrogen) atoms. The molecule has 1 aromatic heterocycles. The molecule has 5 heteroatoms. The molecule has 88 valence electrons. The van der Waals surface area contributed by atoms with E-state index in [2.05, 4.69) is 25.9 Å². The molecule has 0 aliphatic carbocycles. The number of hydrogen-bond acceptors (Lipinski definition) is 3. The monoisotopic (exact) mass is 285 g/mol. The Morgan fingerprint density at radius 3 is 2.81 bits per heavy atom. The number of nitrogens with zero attached hydrogens (tertiary/aromatic N) is 3. The van der Waals surface area contributed by atoms with Gasteiger partial charge in [-0.1, -0.05) is 0 Å². The summed E-state index contributed by atoms with van der Waals surface area (Å²) in [7, 11) is 1.94. The highest BCUT2D eigenvalue weighted by molar-refractivity contribution is 9.10. The van der Waals surface area contributed by atoms with Crippen molar-refractivity contribution in [2.75, 3.05) is 13.1 Å². The zero-order chi connectivity index (χ0) is 11.7. The molecule has 4 nitrogen and oxygen atoms in total. The first-order valence-corrected chi connectivity index (χ1v) is 6.29. The molecule has 0 unspecified atom stereocenters. The summed E-state index contributed by atoms with van der Waals surface area (Å²) in [5.74, 6) is 0.348. The van der Waals surface area contributed by atoms with Crippen molar-refractivity contribution in [3.05, 3.63) is 15.9 Å². The van der Waals surface area contributed by atoms with Crippen LogP contribution in [0.1, 0.15) is 24.2 Å². The largest absolute Gasteiger partial charge is 0.298 e. The third-order valence-corrected chi connectivity index (χ3v) is 4.00. The third kappa shape index (κ3) is 2.35. The number of carbonyl (C=O) groups excluding carboxylic acids is 1. The molecule has 2 rings (SSSR count). The maximum absolute atomic E-state index is 11.4. The van der Waals surface area contributed by atoms with E-state index in [9.17, 15) is 4.79 Å². The number of ketones is 1. The molecule has 1 saturated heterocycles. The van der Waals surface area contributed by atoms with Gasteiger partial charge < -0.3 is 0 Å². The first-order chi connectivity index (χ1) is 7.58. The van der Waals surface area contributed by atoms with Crippen LogP contribution in [0.5, 0.6) is 0 Å². The lowest BCUT2D eigenvalue weighted by molar-refractivity contribution is -0.122. The summed E-state index contributed by atoms with van der Waals surface area (Å²) in [6.07, 6.45) is 1.72. The molecule has 0 saturated carbocycles. The van der Waals surface area contributed by atoms with Crippen molar-refractivity contribution in [1.29, 1.82) is 0 Å². The quantitative estimate of drug-likeness (QED) is 0.830. The standard InChI is InChI=1S/C11H16BrN3O/c1-8-11(12)10(14(2)13-8)7-15-5-3-4-9(16)6-15/h3-7H2,1-2H3. The van der Waals surface area contributed by atoms with E-state index in [4.69, 9.17) is 0 Å². The maximum atomic E-state index is 11.4. The number of likely N-dealkylation sites (tertiary alicyclic amines) is 1. The molecule has 1 aliphatic rings. The first kappa shape index (κ1) is 11.8. The van der Waals surface area contributed by atoms with Crippen LogP contribution in [-0.2, 0) is 18.4 Å². The summed E-state index contributed by atoms with van der Waals surface area (Å²) >= 11 is 3.55. The SMILES string of the molecule is Cc1nn(C)c(CN2CCCC(=O)C2)c1Br. The Bertz CT molecular complexity index is 414. The minimum absolute atomic E-state index is 0.348. The number of hydrogen-bond donors (Lipinski definition) is 0. The Hall–Kier alpha value is -0.680. The van der Waals surface area contributed by atoms with Crippen molar-refractivity contribution in [2.24, 2.45) is 7.05 Å². The smallest absolute Gasteiger partial charge is 0.146 e. The van der Waals surface area contributed by atoms with Gasteiger partial charge in [-0.05, 0) is 35.8 Å². The fraction of sp³-hybridized carbons (Fsp3) is 0.636. The minimum Gasteiger partial charge on any atom is -0.298 e. The molecule has 0 bridgehead atoms. The Kier molecular flexibility index (Phi) is 3.44. The third-order valence-electron chi connectivity index (χ3n) is 2.96. The number of Topliss-reactive ketones (excluding diaryl/α,β-unsaturated/α-hetero) is 1. The minimum atomic E-state index is 0.348. The van der Waals surface area contributed by atoms with Gasteiger partial charge in [0, 0.05) is 20.0 Å². The van der Waals surface area contributed by atoms with Gasteiger partial charge in [0.05, 0.1) is 22.4 Å². The van der Waals surface area contributed by atoms with E-state index in [1.807, 2.05) is 18.7 Å². The van der Waals surface area contributed by atoms with E-state index in [1.165, 1.54) is 0 Å². The number of carbonyl (C=O) groups is 1. The number of rotatable bonds is 2. The van der Waals surface area contributed by atoms with Crippen LogP contribution in [0.4, 0.5) is 0 Å². The van der Waals surface area contributed by atoms with Gasteiger partial charge >= 0.3 is 0 Å². The summed E-state index contributed by atoms with van der Waals surface area (Å²) < 4.78 is 2.95. The van der Waals surface area contributed by atoms with Crippen molar-refractivity contribution in [1.82, 2.24) is 14.7 Å². The van der Waals surface area contributed by atoms with Crippen molar-refractivity contribution in [3.63, 3.8) is 0 Å². The average molecular weight is 286 g/mol. The second-order valence-electron chi connectivity index (χ2n) is 4.32. The van der Waals surface area contributed by atoms with Crippen LogP contribution in [-0.4, -0.2) is 33.6 Å². The summed E-state index contributed by atoms with van der Waals surface area (Å²) in [4.78, 5) is 13.6. The van der Waals surface area contributed by atoms with Gasteiger partial charge in [0.1, 0.15) is 5.78 Å². The molecule has 1 fully saturated rings. The van der Waals surface area contributed by atoms with Crippen LogP contribution in [0.3, 0.4) is 0 Å². The molecular formula is C11H16BrN3O. The number of halogens is 1. The second kappa shape index (κ2) is 4.67. The highest BCUT2D eigenvalue weighted by Crippen LogP contribution is 2.22. The van der Waals surface area contributed by atoms with Gasteiger partial charge in [-0.25, -0.2) is 0 Å². The highest BCUT2D eigenvalue weighted by atomic mass is 79.9. The first-order valence-electron chi connectivity index (χ1n) is 5.50. The number of piperidine rings is 1. The lowest BCUT2D eigenvalue weighted by atomic mass is 10.1. The lowest BCUT2D eigenvalue weighted by Gasteiger charge is -2.25. The summed E-state index contributed by atoms with van der Waals surface area (Å²) in [6.45, 7) is 4.36. The summed E-state index contributed by atoms with van der Waals surface area (Å²) in [5.41, 5.74) is 2.15. The predicted molar refractivity (Wildman–Crippen MR) is 65.2 cm³/mol. The molecule has 0 atom stereocenters. The molecule has 0 amide bonds. The summed E-state index contributed by atoms with van der Waals surface area (Å²) in [5, 5.41) is 4.35. The molecule has 0 N–H and O–H groups in total. The predicted octanol–water partition coefficient (Wildman–Crippen LogP) is 1.66. The maximum Gasteiger partial charge on any atom is 0.146 e. The Morgan fingerprint density at radius 1 is 1.50 bits per heavy atom. The van der Waals surface area contributed by atoms with Crippen LogP contribution in [0.25, 0.3) is 0 Å². The average Bonchev–Trinajstić information content (AvgIpc) is 2.45. The van der Waals surface area contributed by atoms with Crippen LogP contribution in [0.2, 0.25) is 0 Å². The van der Waals surface area contributed by atoms with E-state index < -0.39 is 0 Å². The molecule has 0 aromatic carbocycles. The van der Waals surface area contributed by atoms with Crippen LogP contribution >= 0.6 is 15.9 Å². The lowest BCUT2D eigenvalue weighted by Crippen LogP contribution is -2.35. The molecule has 2 heterocycles. The molecular weight excluding hydrogens is 270 g/mol. The van der Waals surface area contributed by atoms with E-state index >= 15 is 0 Å². The van der Waals surface area contributed by atoms with E-state index in [1.54, 1.807) is 0 Å². The molecule has 1 aromatic rings. The summed E-state index contributed by atoms with van der Waals surface area (Å²) in [6, 6.07) is 0. The Labute approximate surface area is 104 Å². The molecule has 0 spiro atoms. The highest BCUT2D eigenvalue weighted by Gasteiger charge is 2.20. The zero-order valence-corrected chi connectivity index (χ0v) is 11.2. The van der Waals surface area contributed by atoms with E-state index in [-0.39, 0.29) is 0 Å². The second-order valence-corrected chi connectivity index (χ2v) is 5.12. The van der Waals surface area contributed by atoms with Crippen molar-refractivity contribution in [3.8, 4) is 0 Å². The fourth-order valence-electron chi connectivity index (χ4n) is 2.11. The number of aromatic nitrogens is 2. The van der Waals surface area contributed by atoms with Gasteiger partial charge in [-0.15, -0.1) is 0 Å². The van der Waals surface area contributed by atoms with Gasteiger partial charge in [0.15, 0.2) is 0 Å². The van der Waals surface area contributed by atoms with Gasteiger partial charge in [-0.2, -0.15) is 5.10 Å². The van der Waals surface area contributed by atoms with Crippen molar-refractivity contribution in [2.45, 2.75) is 26.3 Å². The Balaban J connectivity index is 2.11.